The molecule has 1 unspecified atom stereocenters. The van der Waals surface area contributed by atoms with Crippen LogP contribution in [0.2, 0.25) is 0 Å². The van der Waals surface area contributed by atoms with E-state index < -0.39 is 0 Å². The number of amides is 1. The number of rotatable bonds is 2. The molecule has 0 N–H and O–H groups in total. The van der Waals surface area contributed by atoms with Crippen molar-refractivity contribution in [2.45, 2.75) is 58.3 Å². The quantitative estimate of drug-likeness (QED) is 0.708. The van der Waals surface area contributed by atoms with Gasteiger partial charge in [-0.3, -0.25) is 9.59 Å². The van der Waals surface area contributed by atoms with Gasteiger partial charge >= 0.3 is 0 Å². The number of likely N-dealkylation sites (tertiary alicyclic amines) is 1. The minimum Gasteiger partial charge on any atom is -0.342 e. The van der Waals surface area contributed by atoms with E-state index in [1.807, 2.05) is 11.8 Å². The van der Waals surface area contributed by atoms with Gasteiger partial charge in [-0.05, 0) is 18.8 Å². The van der Waals surface area contributed by atoms with Gasteiger partial charge in [-0.2, -0.15) is 0 Å². The van der Waals surface area contributed by atoms with E-state index in [0.29, 0.717) is 37.6 Å². The number of carbonyl (C=O) groups excluding carboxylic acids is 2. The number of ketones is 1. The van der Waals surface area contributed by atoms with Crippen LogP contribution in [-0.4, -0.2) is 29.7 Å². The van der Waals surface area contributed by atoms with Crippen LogP contribution in [-0.2, 0) is 9.59 Å². The lowest BCUT2D eigenvalue weighted by Crippen LogP contribution is -2.43. The first-order valence-electron chi connectivity index (χ1n) is 7.47. The van der Waals surface area contributed by atoms with Crippen molar-refractivity contribution in [1.82, 2.24) is 4.90 Å². The van der Waals surface area contributed by atoms with Gasteiger partial charge < -0.3 is 4.90 Å². The largest absolute Gasteiger partial charge is 0.342 e. The summed E-state index contributed by atoms with van der Waals surface area (Å²) < 4.78 is 0. The van der Waals surface area contributed by atoms with E-state index in [2.05, 4.69) is 0 Å². The molecule has 1 saturated carbocycles. The summed E-state index contributed by atoms with van der Waals surface area (Å²) >= 11 is 0. The fourth-order valence-corrected chi connectivity index (χ4v) is 3.19. The highest BCUT2D eigenvalue weighted by molar-refractivity contribution is 5.85. The predicted octanol–water partition coefficient (Wildman–Crippen LogP) is 2.78. The van der Waals surface area contributed by atoms with Crippen LogP contribution >= 0.6 is 0 Å². The molecule has 0 aromatic rings. The highest BCUT2D eigenvalue weighted by Crippen LogP contribution is 2.26. The molecular formula is C15H25NO2. The summed E-state index contributed by atoms with van der Waals surface area (Å²) in [7, 11) is 0. The molecule has 1 atom stereocenters. The second-order valence-electron chi connectivity index (χ2n) is 6.02. The molecular weight excluding hydrogens is 226 g/mol. The second kappa shape index (κ2) is 6.35. The van der Waals surface area contributed by atoms with E-state index in [9.17, 15) is 9.59 Å². The predicted molar refractivity (Wildman–Crippen MR) is 71.2 cm³/mol. The third-order valence-corrected chi connectivity index (χ3v) is 4.46. The average molecular weight is 251 g/mol. The Morgan fingerprint density at radius 1 is 1.22 bits per heavy atom. The minimum atomic E-state index is 0.0387. The molecule has 2 rings (SSSR count). The van der Waals surface area contributed by atoms with Crippen LogP contribution in [0.4, 0.5) is 0 Å². The zero-order valence-corrected chi connectivity index (χ0v) is 11.5. The van der Waals surface area contributed by atoms with Crippen LogP contribution in [0.25, 0.3) is 0 Å². The number of hydrogen-bond donors (Lipinski definition) is 0. The van der Waals surface area contributed by atoms with Crippen LogP contribution in [0.15, 0.2) is 0 Å². The molecule has 18 heavy (non-hydrogen) atoms. The van der Waals surface area contributed by atoms with Crippen molar-refractivity contribution in [2.75, 3.05) is 13.1 Å². The Bertz CT molecular complexity index is 306. The third-order valence-electron chi connectivity index (χ3n) is 4.46. The molecule has 102 valence electrons. The normalized spacial score (nSPS) is 27.1. The monoisotopic (exact) mass is 251 g/mol. The Labute approximate surface area is 110 Å². The van der Waals surface area contributed by atoms with Gasteiger partial charge in [-0.15, -0.1) is 0 Å². The van der Waals surface area contributed by atoms with Gasteiger partial charge in [0.15, 0.2) is 0 Å². The summed E-state index contributed by atoms with van der Waals surface area (Å²) in [5.74, 6) is 1.22. The van der Waals surface area contributed by atoms with Crippen molar-refractivity contribution < 1.29 is 9.59 Å². The molecule has 0 aromatic heterocycles. The van der Waals surface area contributed by atoms with Gasteiger partial charge in [0.05, 0.1) is 0 Å². The maximum atomic E-state index is 12.2. The van der Waals surface area contributed by atoms with Crippen molar-refractivity contribution >= 4 is 11.7 Å². The molecule has 2 fully saturated rings. The first-order chi connectivity index (χ1) is 8.66. The van der Waals surface area contributed by atoms with E-state index in [1.165, 1.54) is 38.5 Å². The minimum absolute atomic E-state index is 0.0387. The van der Waals surface area contributed by atoms with Crippen molar-refractivity contribution in [3.8, 4) is 0 Å². The van der Waals surface area contributed by atoms with Crippen LogP contribution < -0.4 is 0 Å². The maximum Gasteiger partial charge on any atom is 0.222 e. The van der Waals surface area contributed by atoms with E-state index in [-0.39, 0.29) is 11.8 Å². The number of carbonyl (C=O) groups is 2. The Balaban J connectivity index is 1.81. The molecule has 1 aliphatic heterocycles. The van der Waals surface area contributed by atoms with E-state index in [1.54, 1.807) is 0 Å². The molecule has 0 bridgehead atoms. The third kappa shape index (κ3) is 3.56. The Kier molecular flexibility index (Phi) is 4.79. The van der Waals surface area contributed by atoms with Gasteiger partial charge in [0.25, 0.3) is 0 Å². The topological polar surface area (TPSA) is 37.4 Å². The summed E-state index contributed by atoms with van der Waals surface area (Å²) in [6.07, 6.45) is 8.93. The standard InChI is InChI=1S/C15H25NO2/c1-12-11-16(9-8-14(12)17)15(18)10-13-6-4-2-3-5-7-13/h12-13H,2-11H2,1H3. The number of piperidine rings is 1. The van der Waals surface area contributed by atoms with Crippen LogP contribution in [0.3, 0.4) is 0 Å². The Morgan fingerprint density at radius 3 is 2.50 bits per heavy atom. The molecule has 3 nitrogen and oxygen atoms in total. The first-order valence-corrected chi connectivity index (χ1v) is 7.47. The molecule has 0 aromatic carbocycles. The van der Waals surface area contributed by atoms with Crippen molar-refractivity contribution in [3.05, 3.63) is 0 Å². The fraction of sp³-hybridized carbons (Fsp3) is 0.867. The van der Waals surface area contributed by atoms with E-state index in [4.69, 9.17) is 0 Å². The molecule has 0 radical (unpaired) electrons. The van der Waals surface area contributed by atoms with Gasteiger partial charge in [-0.25, -0.2) is 0 Å². The zero-order chi connectivity index (χ0) is 13.0. The maximum absolute atomic E-state index is 12.2. The lowest BCUT2D eigenvalue weighted by molar-refractivity contribution is -0.137. The van der Waals surface area contributed by atoms with Crippen LogP contribution in [0, 0.1) is 11.8 Å². The van der Waals surface area contributed by atoms with Crippen molar-refractivity contribution in [1.29, 1.82) is 0 Å². The molecule has 0 spiro atoms. The van der Waals surface area contributed by atoms with E-state index >= 15 is 0 Å². The summed E-state index contributed by atoms with van der Waals surface area (Å²) in [5, 5.41) is 0. The summed E-state index contributed by atoms with van der Waals surface area (Å²) in [6, 6.07) is 0. The molecule has 3 heteroatoms. The van der Waals surface area contributed by atoms with Gasteiger partial charge in [0.1, 0.15) is 5.78 Å². The smallest absolute Gasteiger partial charge is 0.222 e. The number of hydrogen-bond acceptors (Lipinski definition) is 2. The average Bonchev–Trinajstić information content (AvgIpc) is 2.61. The fourth-order valence-electron chi connectivity index (χ4n) is 3.19. The zero-order valence-electron chi connectivity index (χ0n) is 11.5. The molecule has 1 heterocycles. The second-order valence-corrected chi connectivity index (χ2v) is 6.02. The van der Waals surface area contributed by atoms with Crippen LogP contribution in [0.5, 0.6) is 0 Å². The number of nitrogens with zero attached hydrogens (tertiary/aromatic N) is 1. The van der Waals surface area contributed by atoms with E-state index in [0.717, 1.165) is 0 Å². The van der Waals surface area contributed by atoms with Crippen molar-refractivity contribution in [2.24, 2.45) is 11.8 Å². The highest BCUT2D eigenvalue weighted by atomic mass is 16.2. The van der Waals surface area contributed by atoms with Gasteiger partial charge in [-0.1, -0.05) is 32.6 Å². The SMILES string of the molecule is CC1CN(C(=O)CC2CCCCCC2)CCC1=O. The summed E-state index contributed by atoms with van der Waals surface area (Å²) in [6.45, 7) is 3.23. The Morgan fingerprint density at radius 2 is 1.89 bits per heavy atom. The van der Waals surface area contributed by atoms with Gasteiger partial charge in [0.2, 0.25) is 5.91 Å². The van der Waals surface area contributed by atoms with Gasteiger partial charge in [0, 0.05) is 31.8 Å². The Hall–Kier alpha value is -0.860. The number of Topliss-reactive ketones (excluding diaryl/α,β-unsaturated/α-hetero) is 1. The molecule has 1 aliphatic carbocycles. The lowest BCUT2D eigenvalue weighted by atomic mass is 9.94. The summed E-state index contributed by atoms with van der Waals surface area (Å²) in [5.41, 5.74) is 0. The van der Waals surface area contributed by atoms with Crippen molar-refractivity contribution in [3.63, 3.8) is 0 Å². The molecule has 1 amide bonds. The first kappa shape index (κ1) is 13.6. The highest BCUT2D eigenvalue weighted by Gasteiger charge is 2.27. The molecule has 2 aliphatic rings. The molecule has 1 saturated heterocycles. The van der Waals surface area contributed by atoms with Crippen LogP contribution in [0.1, 0.15) is 58.3 Å². The summed E-state index contributed by atoms with van der Waals surface area (Å²) in [4.78, 5) is 25.6. The lowest BCUT2D eigenvalue weighted by Gasteiger charge is -2.31.